The van der Waals surface area contributed by atoms with Gasteiger partial charge in [0.05, 0.1) is 10.6 Å². The molecule has 1 aromatic rings. The molecule has 1 amide bonds. The number of alkyl halides is 2. The summed E-state index contributed by atoms with van der Waals surface area (Å²) in [4.78, 5) is 21.8. The zero-order chi connectivity index (χ0) is 16.9. The minimum absolute atomic E-state index is 0.114. The maximum Gasteiger partial charge on any atom is 0.412 e. The molecule has 0 aromatic heterocycles. The molecule has 0 heterocycles. The Hall–Kier alpha value is -2.45. The number of amides is 1. The third kappa shape index (κ3) is 5.90. The Morgan fingerprint density at radius 2 is 2.05 bits per heavy atom. The molecule has 22 heavy (non-hydrogen) atoms. The SMILES string of the molecule is CC(C)(C)OC(=O)Nc1cc([N+](=O)[O-])ccc1OCC(F)F. The van der Waals surface area contributed by atoms with Gasteiger partial charge in [0, 0.05) is 12.1 Å². The topological polar surface area (TPSA) is 90.7 Å². The Morgan fingerprint density at radius 3 is 2.55 bits per heavy atom. The highest BCUT2D eigenvalue weighted by molar-refractivity contribution is 5.87. The number of nitro groups is 1. The number of benzene rings is 1. The molecule has 0 radical (unpaired) electrons. The van der Waals surface area contributed by atoms with Gasteiger partial charge in [-0.1, -0.05) is 0 Å². The van der Waals surface area contributed by atoms with E-state index in [0.717, 1.165) is 18.2 Å². The Labute approximate surface area is 125 Å². The van der Waals surface area contributed by atoms with Crippen LogP contribution in [0.1, 0.15) is 20.8 Å². The molecule has 1 aromatic carbocycles. The quantitative estimate of drug-likeness (QED) is 0.662. The second-order valence-electron chi connectivity index (χ2n) is 5.27. The molecule has 0 aliphatic rings. The van der Waals surface area contributed by atoms with E-state index in [2.05, 4.69) is 5.32 Å². The molecule has 1 rings (SSSR count). The fourth-order valence-electron chi connectivity index (χ4n) is 1.42. The zero-order valence-corrected chi connectivity index (χ0v) is 12.3. The van der Waals surface area contributed by atoms with Crippen molar-refractivity contribution in [2.45, 2.75) is 32.8 Å². The van der Waals surface area contributed by atoms with Crippen molar-refractivity contribution >= 4 is 17.5 Å². The number of ether oxygens (including phenoxy) is 2. The standard InChI is InChI=1S/C13H16F2N2O5/c1-13(2,3)22-12(18)16-9-6-8(17(19)20)4-5-10(9)21-7-11(14)15/h4-6,11H,7H2,1-3H3,(H,16,18). The van der Waals surface area contributed by atoms with Gasteiger partial charge in [-0.15, -0.1) is 0 Å². The van der Waals surface area contributed by atoms with Crippen LogP contribution in [0.5, 0.6) is 5.75 Å². The van der Waals surface area contributed by atoms with E-state index < -0.39 is 29.6 Å². The number of nitro benzene ring substituents is 1. The number of anilines is 1. The molecule has 0 aliphatic carbocycles. The van der Waals surface area contributed by atoms with E-state index in [0.29, 0.717) is 0 Å². The van der Waals surface area contributed by atoms with E-state index in [1.165, 1.54) is 0 Å². The molecule has 122 valence electrons. The number of hydrogen-bond donors (Lipinski definition) is 1. The fourth-order valence-corrected chi connectivity index (χ4v) is 1.42. The average molecular weight is 318 g/mol. The molecule has 0 spiro atoms. The van der Waals surface area contributed by atoms with Crippen molar-refractivity contribution in [3.05, 3.63) is 28.3 Å². The summed E-state index contributed by atoms with van der Waals surface area (Å²) < 4.78 is 34.2. The highest BCUT2D eigenvalue weighted by atomic mass is 19.3. The minimum Gasteiger partial charge on any atom is -0.485 e. The first-order chi connectivity index (χ1) is 10.1. The van der Waals surface area contributed by atoms with E-state index in [1.807, 2.05) is 0 Å². The van der Waals surface area contributed by atoms with Crippen LogP contribution in [0.4, 0.5) is 25.0 Å². The van der Waals surface area contributed by atoms with E-state index >= 15 is 0 Å². The van der Waals surface area contributed by atoms with Gasteiger partial charge in [0.25, 0.3) is 12.1 Å². The van der Waals surface area contributed by atoms with Gasteiger partial charge in [-0.3, -0.25) is 15.4 Å². The number of nitrogens with zero attached hydrogens (tertiary/aromatic N) is 1. The Kier molecular flexibility index (Phi) is 5.61. The molecule has 0 saturated carbocycles. The molecule has 0 atom stereocenters. The van der Waals surface area contributed by atoms with E-state index in [9.17, 15) is 23.7 Å². The molecule has 9 heteroatoms. The smallest absolute Gasteiger partial charge is 0.412 e. The lowest BCUT2D eigenvalue weighted by Gasteiger charge is -2.20. The van der Waals surface area contributed by atoms with E-state index in [-0.39, 0.29) is 17.1 Å². The van der Waals surface area contributed by atoms with Crippen LogP contribution in [0.15, 0.2) is 18.2 Å². The van der Waals surface area contributed by atoms with Crippen LogP contribution >= 0.6 is 0 Å². The van der Waals surface area contributed by atoms with Crippen molar-refractivity contribution in [1.82, 2.24) is 0 Å². The summed E-state index contributed by atoms with van der Waals surface area (Å²) in [5.41, 5.74) is -1.23. The predicted octanol–water partition coefficient (Wildman–Crippen LogP) is 3.59. The highest BCUT2D eigenvalue weighted by Crippen LogP contribution is 2.30. The Bertz CT molecular complexity index is 558. The largest absolute Gasteiger partial charge is 0.485 e. The third-order valence-corrected chi connectivity index (χ3v) is 2.17. The molecule has 0 aliphatic heterocycles. The Morgan fingerprint density at radius 1 is 1.41 bits per heavy atom. The van der Waals surface area contributed by atoms with Crippen LogP contribution in [0.2, 0.25) is 0 Å². The number of hydrogen-bond acceptors (Lipinski definition) is 5. The van der Waals surface area contributed by atoms with Gasteiger partial charge < -0.3 is 9.47 Å². The molecule has 0 fully saturated rings. The van der Waals surface area contributed by atoms with Crippen molar-refractivity contribution in [2.24, 2.45) is 0 Å². The van der Waals surface area contributed by atoms with Gasteiger partial charge in [0.2, 0.25) is 0 Å². The molecule has 0 unspecified atom stereocenters. The van der Waals surface area contributed by atoms with Gasteiger partial charge >= 0.3 is 6.09 Å². The van der Waals surface area contributed by atoms with Gasteiger partial charge in [-0.2, -0.15) is 0 Å². The van der Waals surface area contributed by atoms with Crippen molar-refractivity contribution in [1.29, 1.82) is 0 Å². The third-order valence-electron chi connectivity index (χ3n) is 2.17. The number of rotatable bonds is 5. The van der Waals surface area contributed by atoms with Gasteiger partial charge in [-0.05, 0) is 26.8 Å². The maximum absolute atomic E-state index is 12.2. The zero-order valence-electron chi connectivity index (χ0n) is 12.3. The average Bonchev–Trinajstić information content (AvgIpc) is 2.34. The van der Waals surface area contributed by atoms with Gasteiger partial charge in [0.1, 0.15) is 18.0 Å². The van der Waals surface area contributed by atoms with E-state index in [1.54, 1.807) is 20.8 Å². The normalized spacial score (nSPS) is 11.2. The number of halogens is 2. The molecule has 7 nitrogen and oxygen atoms in total. The van der Waals surface area contributed by atoms with Gasteiger partial charge in [-0.25, -0.2) is 13.6 Å². The van der Waals surface area contributed by atoms with Crippen LogP contribution in [-0.4, -0.2) is 29.6 Å². The van der Waals surface area contributed by atoms with Crippen molar-refractivity contribution < 1.29 is 28.0 Å². The number of non-ortho nitro benzene ring substituents is 1. The molecular weight excluding hydrogens is 302 g/mol. The Balaban J connectivity index is 2.98. The van der Waals surface area contributed by atoms with Crippen LogP contribution < -0.4 is 10.1 Å². The van der Waals surface area contributed by atoms with Crippen LogP contribution in [-0.2, 0) is 4.74 Å². The van der Waals surface area contributed by atoms with Crippen molar-refractivity contribution in [3.8, 4) is 5.75 Å². The first-order valence-electron chi connectivity index (χ1n) is 6.28. The van der Waals surface area contributed by atoms with Crippen LogP contribution in [0.25, 0.3) is 0 Å². The molecular formula is C13H16F2N2O5. The van der Waals surface area contributed by atoms with Crippen LogP contribution in [0, 0.1) is 10.1 Å². The monoisotopic (exact) mass is 318 g/mol. The summed E-state index contributed by atoms with van der Waals surface area (Å²) in [5.74, 6) is -0.114. The summed E-state index contributed by atoms with van der Waals surface area (Å²) in [6, 6.07) is 3.22. The molecule has 0 saturated heterocycles. The summed E-state index contributed by atoms with van der Waals surface area (Å²) in [5, 5.41) is 13.0. The maximum atomic E-state index is 12.2. The summed E-state index contributed by atoms with van der Waals surface area (Å²) in [6.07, 6.45) is -3.60. The second kappa shape index (κ2) is 7.01. The lowest BCUT2D eigenvalue weighted by Crippen LogP contribution is -2.27. The summed E-state index contributed by atoms with van der Waals surface area (Å²) >= 11 is 0. The first-order valence-corrected chi connectivity index (χ1v) is 6.28. The lowest BCUT2D eigenvalue weighted by atomic mass is 10.2. The first kappa shape index (κ1) is 17.6. The number of carbonyl (C=O) groups excluding carboxylic acids is 1. The summed E-state index contributed by atoms with van der Waals surface area (Å²) in [7, 11) is 0. The summed E-state index contributed by atoms with van der Waals surface area (Å²) in [6.45, 7) is 4.00. The van der Waals surface area contributed by atoms with E-state index in [4.69, 9.17) is 9.47 Å². The van der Waals surface area contributed by atoms with Gasteiger partial charge in [0.15, 0.2) is 0 Å². The van der Waals surface area contributed by atoms with Crippen molar-refractivity contribution in [2.75, 3.05) is 11.9 Å². The predicted molar refractivity (Wildman–Crippen MR) is 74.5 cm³/mol. The second-order valence-corrected chi connectivity index (χ2v) is 5.27. The minimum atomic E-state index is -2.72. The molecule has 1 N–H and O–H groups in total. The number of carbonyl (C=O) groups is 1. The number of nitrogens with one attached hydrogen (secondary N) is 1. The molecule has 0 bridgehead atoms. The van der Waals surface area contributed by atoms with Crippen LogP contribution in [0.3, 0.4) is 0 Å². The highest BCUT2D eigenvalue weighted by Gasteiger charge is 2.20. The lowest BCUT2D eigenvalue weighted by molar-refractivity contribution is -0.384. The van der Waals surface area contributed by atoms with Crippen molar-refractivity contribution in [3.63, 3.8) is 0 Å². The fraction of sp³-hybridized carbons (Fsp3) is 0.462.